The molecule has 0 heterocycles. The lowest BCUT2D eigenvalue weighted by Gasteiger charge is -2.07. The Morgan fingerprint density at radius 2 is 1.91 bits per heavy atom. The molecule has 0 saturated heterocycles. The number of nitrogens with zero attached hydrogens (tertiary/aromatic N) is 1. The third-order valence-electron chi connectivity index (χ3n) is 3.01. The molecule has 0 spiro atoms. The number of nitrogens with one attached hydrogen (secondary N) is 1. The number of carbonyl (C=O) groups excluding carboxylic acids is 1. The molecule has 0 aliphatic heterocycles. The van der Waals surface area contributed by atoms with Gasteiger partial charge in [-0.3, -0.25) is 4.79 Å². The normalized spacial score (nSPS) is 12.1. The molecule has 1 atom stereocenters. The van der Waals surface area contributed by atoms with Crippen molar-refractivity contribution in [1.29, 1.82) is 0 Å². The number of benzene rings is 2. The smallest absolute Gasteiger partial charge is 0.277 e. The van der Waals surface area contributed by atoms with Crippen molar-refractivity contribution in [2.24, 2.45) is 5.10 Å². The van der Waals surface area contributed by atoms with E-state index in [0.29, 0.717) is 10.8 Å². The summed E-state index contributed by atoms with van der Waals surface area (Å²) >= 11 is 5.94. The SMILES string of the molecule is CC(C=NNC(=O)COc1ccccc1Cl)c1ccccc1. The topological polar surface area (TPSA) is 50.7 Å². The highest BCUT2D eigenvalue weighted by Gasteiger charge is 2.05. The Labute approximate surface area is 134 Å². The second-order valence-electron chi connectivity index (χ2n) is 4.73. The number of ether oxygens (including phenoxy) is 1. The minimum Gasteiger partial charge on any atom is -0.482 e. The largest absolute Gasteiger partial charge is 0.482 e. The number of hydrogen-bond acceptors (Lipinski definition) is 3. The highest BCUT2D eigenvalue weighted by atomic mass is 35.5. The first kappa shape index (κ1) is 16.0. The van der Waals surface area contributed by atoms with Gasteiger partial charge in [0.25, 0.3) is 5.91 Å². The van der Waals surface area contributed by atoms with Gasteiger partial charge in [0.2, 0.25) is 0 Å². The number of hydrogen-bond donors (Lipinski definition) is 1. The summed E-state index contributed by atoms with van der Waals surface area (Å²) in [5, 5.41) is 4.41. The zero-order valence-corrected chi connectivity index (χ0v) is 13.0. The van der Waals surface area contributed by atoms with E-state index in [0.717, 1.165) is 5.56 Å². The highest BCUT2D eigenvalue weighted by molar-refractivity contribution is 6.32. The van der Waals surface area contributed by atoms with Gasteiger partial charge in [-0.25, -0.2) is 5.43 Å². The Bertz CT molecular complexity index is 644. The van der Waals surface area contributed by atoms with Gasteiger partial charge < -0.3 is 4.74 Å². The van der Waals surface area contributed by atoms with E-state index in [9.17, 15) is 4.79 Å². The van der Waals surface area contributed by atoms with Crippen molar-refractivity contribution in [2.75, 3.05) is 6.61 Å². The lowest BCUT2D eigenvalue weighted by molar-refractivity contribution is -0.123. The number of rotatable bonds is 6. The summed E-state index contributed by atoms with van der Waals surface area (Å²) in [6.07, 6.45) is 1.68. The number of hydrazone groups is 1. The predicted octanol–water partition coefficient (Wildman–Crippen LogP) is 3.62. The van der Waals surface area contributed by atoms with Crippen LogP contribution in [0.25, 0.3) is 0 Å². The number of amides is 1. The molecule has 1 unspecified atom stereocenters. The highest BCUT2D eigenvalue weighted by Crippen LogP contribution is 2.22. The maximum atomic E-state index is 11.7. The molecule has 22 heavy (non-hydrogen) atoms. The second kappa shape index (κ2) is 8.20. The average molecular weight is 317 g/mol. The molecule has 2 aromatic carbocycles. The van der Waals surface area contributed by atoms with Crippen molar-refractivity contribution in [3.63, 3.8) is 0 Å². The number of halogens is 1. The Morgan fingerprint density at radius 1 is 1.23 bits per heavy atom. The van der Waals surface area contributed by atoms with Crippen LogP contribution >= 0.6 is 11.6 Å². The summed E-state index contributed by atoms with van der Waals surface area (Å²) < 4.78 is 5.32. The molecule has 1 N–H and O–H groups in total. The molecular weight excluding hydrogens is 300 g/mol. The minimum atomic E-state index is -0.337. The molecule has 0 bridgehead atoms. The summed E-state index contributed by atoms with van der Waals surface area (Å²) in [5.74, 6) is 0.253. The molecule has 1 amide bonds. The Hall–Kier alpha value is -2.33. The van der Waals surface area contributed by atoms with Crippen LogP contribution in [0.1, 0.15) is 18.4 Å². The molecule has 5 heteroatoms. The molecule has 0 aliphatic carbocycles. The summed E-state index contributed by atoms with van der Waals surface area (Å²) in [7, 11) is 0. The van der Waals surface area contributed by atoms with Gasteiger partial charge in [0.05, 0.1) is 5.02 Å². The third kappa shape index (κ3) is 4.90. The molecule has 2 rings (SSSR count). The van der Waals surface area contributed by atoms with Gasteiger partial charge in [0.1, 0.15) is 5.75 Å². The summed E-state index contributed by atoms with van der Waals surface area (Å²) in [5.41, 5.74) is 3.57. The van der Waals surface area contributed by atoms with E-state index < -0.39 is 0 Å². The lowest BCUT2D eigenvalue weighted by atomic mass is 10.0. The second-order valence-corrected chi connectivity index (χ2v) is 5.14. The quantitative estimate of drug-likeness (QED) is 0.653. The van der Waals surface area contributed by atoms with E-state index in [4.69, 9.17) is 16.3 Å². The van der Waals surface area contributed by atoms with Gasteiger partial charge in [-0.1, -0.05) is 61.0 Å². The van der Waals surface area contributed by atoms with Gasteiger partial charge in [-0.05, 0) is 17.7 Å². The third-order valence-corrected chi connectivity index (χ3v) is 3.32. The summed E-state index contributed by atoms with van der Waals surface area (Å²) in [6, 6.07) is 16.9. The standard InChI is InChI=1S/C17H17ClN2O2/c1-13(14-7-3-2-4-8-14)11-19-20-17(21)12-22-16-10-6-5-9-15(16)18/h2-11,13H,12H2,1H3,(H,20,21). The van der Waals surface area contributed by atoms with E-state index in [1.807, 2.05) is 37.3 Å². The van der Waals surface area contributed by atoms with E-state index in [1.165, 1.54) is 0 Å². The van der Waals surface area contributed by atoms with Crippen molar-refractivity contribution in [3.8, 4) is 5.75 Å². The van der Waals surface area contributed by atoms with Gasteiger partial charge >= 0.3 is 0 Å². The Morgan fingerprint density at radius 3 is 2.64 bits per heavy atom. The molecule has 2 aromatic rings. The zero-order chi connectivity index (χ0) is 15.8. The zero-order valence-electron chi connectivity index (χ0n) is 12.2. The van der Waals surface area contributed by atoms with Crippen molar-refractivity contribution in [1.82, 2.24) is 5.43 Å². The maximum absolute atomic E-state index is 11.7. The molecule has 0 fully saturated rings. The van der Waals surface area contributed by atoms with E-state index in [2.05, 4.69) is 10.5 Å². The Balaban J connectivity index is 1.78. The van der Waals surface area contributed by atoms with E-state index in [1.54, 1.807) is 30.5 Å². The number of para-hydroxylation sites is 1. The van der Waals surface area contributed by atoms with Crippen LogP contribution in [0.2, 0.25) is 5.02 Å². The Kier molecular flexibility index (Phi) is 5.98. The van der Waals surface area contributed by atoms with Crippen LogP contribution in [0.4, 0.5) is 0 Å². The predicted molar refractivity (Wildman–Crippen MR) is 88.4 cm³/mol. The van der Waals surface area contributed by atoms with Crippen molar-refractivity contribution in [3.05, 3.63) is 65.2 Å². The maximum Gasteiger partial charge on any atom is 0.277 e. The molecule has 0 aliphatic rings. The minimum absolute atomic E-state index is 0.117. The molecule has 0 aromatic heterocycles. The van der Waals surface area contributed by atoms with Crippen LogP contribution in [0.5, 0.6) is 5.75 Å². The van der Waals surface area contributed by atoms with E-state index >= 15 is 0 Å². The molecular formula is C17H17ClN2O2. The van der Waals surface area contributed by atoms with Gasteiger partial charge in [-0.15, -0.1) is 0 Å². The first-order chi connectivity index (χ1) is 10.7. The molecule has 0 saturated carbocycles. The van der Waals surface area contributed by atoms with Crippen LogP contribution < -0.4 is 10.2 Å². The van der Waals surface area contributed by atoms with Crippen molar-refractivity contribution < 1.29 is 9.53 Å². The summed E-state index contributed by atoms with van der Waals surface area (Å²) in [6.45, 7) is 1.87. The molecule has 4 nitrogen and oxygen atoms in total. The fourth-order valence-corrected chi connectivity index (χ4v) is 1.99. The molecule has 114 valence electrons. The van der Waals surface area contributed by atoms with E-state index in [-0.39, 0.29) is 18.4 Å². The van der Waals surface area contributed by atoms with Crippen molar-refractivity contribution in [2.45, 2.75) is 12.8 Å². The average Bonchev–Trinajstić information content (AvgIpc) is 2.55. The fourth-order valence-electron chi connectivity index (χ4n) is 1.80. The van der Waals surface area contributed by atoms with Crippen molar-refractivity contribution >= 4 is 23.7 Å². The summed E-state index contributed by atoms with van der Waals surface area (Å²) in [4.78, 5) is 11.7. The molecule has 0 radical (unpaired) electrons. The van der Waals surface area contributed by atoms with Gasteiger partial charge in [0.15, 0.2) is 6.61 Å². The van der Waals surface area contributed by atoms with Gasteiger partial charge in [-0.2, -0.15) is 5.10 Å². The van der Waals surface area contributed by atoms with Gasteiger partial charge in [0, 0.05) is 12.1 Å². The van der Waals surface area contributed by atoms with Crippen LogP contribution in [-0.2, 0) is 4.79 Å². The van der Waals surface area contributed by atoms with Crippen LogP contribution in [0.3, 0.4) is 0 Å². The lowest BCUT2D eigenvalue weighted by Crippen LogP contribution is -2.24. The van der Waals surface area contributed by atoms with Crippen LogP contribution in [0, 0.1) is 0 Å². The fraction of sp³-hybridized carbons (Fsp3) is 0.176. The van der Waals surface area contributed by atoms with Crippen LogP contribution in [0.15, 0.2) is 59.7 Å². The monoisotopic (exact) mass is 316 g/mol. The first-order valence-electron chi connectivity index (χ1n) is 6.91. The number of carbonyl (C=O) groups is 1. The first-order valence-corrected chi connectivity index (χ1v) is 7.29. The van der Waals surface area contributed by atoms with Crippen LogP contribution in [-0.4, -0.2) is 18.7 Å².